The molecule has 0 radical (unpaired) electrons. The third kappa shape index (κ3) is 5.65. The number of nitrogens with zero attached hydrogens (tertiary/aromatic N) is 4. The molecule has 0 saturated carbocycles. The molecule has 0 bridgehead atoms. The summed E-state index contributed by atoms with van der Waals surface area (Å²) in [6, 6.07) is 66.8. The molecule has 54 heavy (non-hydrogen) atoms. The minimum absolute atomic E-state index is 0.591. The highest BCUT2D eigenvalue weighted by atomic mass is 16.3. The van der Waals surface area contributed by atoms with Crippen molar-refractivity contribution in [2.24, 2.45) is 0 Å². The monoisotopic (exact) mass is 692 g/mol. The number of aromatic nitrogens is 3. The minimum Gasteiger partial charge on any atom is -0.456 e. The average Bonchev–Trinajstić information content (AvgIpc) is 3.63. The second-order valence-electron chi connectivity index (χ2n) is 13.2. The molecule has 8 aromatic carbocycles. The van der Waals surface area contributed by atoms with Crippen LogP contribution in [0.2, 0.25) is 0 Å². The number of para-hydroxylation sites is 1. The lowest BCUT2D eigenvalue weighted by Gasteiger charge is -2.25. The Bertz CT molecular complexity index is 2920. The van der Waals surface area contributed by atoms with Crippen LogP contribution in [0.3, 0.4) is 0 Å². The number of anilines is 3. The Labute approximate surface area is 312 Å². The fraction of sp³-hybridized carbons (Fsp3) is 0. The quantitative estimate of drug-likeness (QED) is 0.166. The van der Waals surface area contributed by atoms with Crippen LogP contribution < -0.4 is 4.90 Å². The zero-order valence-corrected chi connectivity index (χ0v) is 29.2. The van der Waals surface area contributed by atoms with Crippen LogP contribution in [0.25, 0.3) is 78.0 Å². The third-order valence-electron chi connectivity index (χ3n) is 9.92. The summed E-state index contributed by atoms with van der Waals surface area (Å²) in [5.41, 5.74) is 9.78. The SMILES string of the molecule is c1ccc(-c2ccc(N(c3ccccc3)c3ccc4c(c3)oc3cccc(-c5nc(-c6ccccc6)nc(-c6cccc7ccccc67)n5)c34)cc2)cc1. The second kappa shape index (κ2) is 13.3. The molecule has 0 atom stereocenters. The Morgan fingerprint density at radius 2 is 0.907 bits per heavy atom. The number of hydrogen-bond acceptors (Lipinski definition) is 5. The van der Waals surface area contributed by atoms with Gasteiger partial charge >= 0.3 is 0 Å². The molecule has 0 aliphatic rings. The zero-order chi connectivity index (χ0) is 35.8. The molecule has 10 aromatic rings. The van der Waals surface area contributed by atoms with Gasteiger partial charge in [0.05, 0.1) is 0 Å². The van der Waals surface area contributed by atoms with Gasteiger partial charge in [-0.1, -0.05) is 146 Å². The maximum absolute atomic E-state index is 6.64. The zero-order valence-electron chi connectivity index (χ0n) is 29.2. The highest BCUT2D eigenvalue weighted by Gasteiger charge is 2.20. The van der Waals surface area contributed by atoms with Gasteiger partial charge in [0.15, 0.2) is 17.5 Å². The summed E-state index contributed by atoms with van der Waals surface area (Å²) in [5.74, 6) is 1.83. The first-order chi connectivity index (χ1) is 26.8. The molecule has 0 fully saturated rings. The summed E-state index contributed by atoms with van der Waals surface area (Å²) in [6.45, 7) is 0. The Morgan fingerprint density at radius 3 is 1.69 bits per heavy atom. The van der Waals surface area contributed by atoms with Crippen molar-refractivity contribution in [2.75, 3.05) is 4.90 Å². The molecule has 5 nitrogen and oxygen atoms in total. The maximum Gasteiger partial charge on any atom is 0.164 e. The van der Waals surface area contributed by atoms with Gasteiger partial charge in [-0.3, -0.25) is 0 Å². The van der Waals surface area contributed by atoms with Crippen LogP contribution in [-0.4, -0.2) is 15.0 Å². The Balaban J connectivity index is 1.12. The first-order valence-electron chi connectivity index (χ1n) is 18.0. The predicted molar refractivity (Wildman–Crippen MR) is 221 cm³/mol. The van der Waals surface area contributed by atoms with Crippen molar-refractivity contribution in [2.45, 2.75) is 0 Å². The van der Waals surface area contributed by atoms with Crippen molar-refractivity contribution >= 4 is 49.8 Å². The molecule has 0 aliphatic carbocycles. The minimum atomic E-state index is 0.591. The first-order valence-corrected chi connectivity index (χ1v) is 18.0. The number of furan rings is 1. The molecule has 0 N–H and O–H groups in total. The Hall–Kier alpha value is -7.37. The van der Waals surface area contributed by atoms with Gasteiger partial charge in [-0.15, -0.1) is 0 Å². The Morgan fingerprint density at radius 1 is 0.352 bits per heavy atom. The second-order valence-corrected chi connectivity index (χ2v) is 13.2. The standard InChI is InChI=1S/C49H32N4O/c1-4-14-33(15-5-1)34-26-28-38(29-27-34)53(37-20-8-3-9-21-37)39-30-31-42-45(32-39)54-44-25-13-24-43(46(42)44)49-51-47(36-17-6-2-7-18-36)50-48(52-49)41-23-12-19-35-16-10-11-22-40(35)41/h1-32H. The number of benzene rings is 8. The van der Waals surface area contributed by atoms with Gasteiger partial charge in [0, 0.05) is 50.6 Å². The van der Waals surface area contributed by atoms with E-state index in [1.807, 2.05) is 54.6 Å². The third-order valence-corrected chi connectivity index (χ3v) is 9.92. The van der Waals surface area contributed by atoms with Crippen LogP contribution in [-0.2, 0) is 0 Å². The normalized spacial score (nSPS) is 11.3. The number of rotatable bonds is 7. The summed E-state index contributed by atoms with van der Waals surface area (Å²) in [4.78, 5) is 17.6. The van der Waals surface area contributed by atoms with Crippen molar-refractivity contribution < 1.29 is 4.42 Å². The van der Waals surface area contributed by atoms with Crippen LogP contribution in [0.5, 0.6) is 0 Å². The molecule has 0 unspecified atom stereocenters. The number of hydrogen-bond donors (Lipinski definition) is 0. The number of fused-ring (bicyclic) bond motifs is 4. The topological polar surface area (TPSA) is 55.1 Å². The molecule has 0 saturated heterocycles. The molecule has 254 valence electrons. The summed E-state index contributed by atoms with van der Waals surface area (Å²) in [7, 11) is 0. The summed E-state index contributed by atoms with van der Waals surface area (Å²) >= 11 is 0. The van der Waals surface area contributed by atoms with E-state index in [2.05, 4.69) is 144 Å². The fourth-order valence-corrected chi connectivity index (χ4v) is 7.35. The van der Waals surface area contributed by atoms with E-state index >= 15 is 0 Å². The van der Waals surface area contributed by atoms with Crippen LogP contribution in [0.15, 0.2) is 199 Å². The lowest BCUT2D eigenvalue weighted by molar-refractivity contribution is 0.669. The maximum atomic E-state index is 6.64. The molecule has 5 heteroatoms. The molecule has 2 aromatic heterocycles. The van der Waals surface area contributed by atoms with E-state index < -0.39 is 0 Å². The van der Waals surface area contributed by atoms with Crippen LogP contribution >= 0.6 is 0 Å². The van der Waals surface area contributed by atoms with Crippen LogP contribution in [0.1, 0.15) is 0 Å². The van der Waals surface area contributed by atoms with Crippen molar-refractivity contribution in [1.82, 2.24) is 15.0 Å². The van der Waals surface area contributed by atoms with Gasteiger partial charge in [-0.2, -0.15) is 0 Å². The largest absolute Gasteiger partial charge is 0.456 e. The van der Waals surface area contributed by atoms with Crippen molar-refractivity contribution in [3.8, 4) is 45.3 Å². The van der Waals surface area contributed by atoms with Gasteiger partial charge in [-0.05, 0) is 64.4 Å². The van der Waals surface area contributed by atoms with Gasteiger partial charge in [-0.25, -0.2) is 15.0 Å². The predicted octanol–water partition coefficient (Wildman–Crippen LogP) is 13.1. The van der Waals surface area contributed by atoms with Crippen LogP contribution in [0.4, 0.5) is 17.1 Å². The van der Waals surface area contributed by atoms with Gasteiger partial charge in [0.1, 0.15) is 11.2 Å². The van der Waals surface area contributed by atoms with E-state index in [0.29, 0.717) is 17.5 Å². The highest BCUT2D eigenvalue weighted by molar-refractivity contribution is 6.12. The Kier molecular flexibility index (Phi) is 7.73. The summed E-state index contributed by atoms with van der Waals surface area (Å²) < 4.78 is 6.64. The van der Waals surface area contributed by atoms with E-state index in [-0.39, 0.29) is 0 Å². The summed E-state index contributed by atoms with van der Waals surface area (Å²) in [6.07, 6.45) is 0. The smallest absolute Gasteiger partial charge is 0.164 e. The molecule has 2 heterocycles. The van der Waals surface area contributed by atoms with Gasteiger partial charge in [0.2, 0.25) is 0 Å². The fourth-order valence-electron chi connectivity index (χ4n) is 7.35. The van der Waals surface area contributed by atoms with Gasteiger partial charge < -0.3 is 9.32 Å². The molecule has 10 rings (SSSR count). The van der Waals surface area contributed by atoms with E-state index in [9.17, 15) is 0 Å². The molecule has 0 aliphatic heterocycles. The average molecular weight is 693 g/mol. The van der Waals surface area contributed by atoms with E-state index in [1.54, 1.807) is 0 Å². The lowest BCUT2D eigenvalue weighted by Crippen LogP contribution is -2.09. The lowest BCUT2D eigenvalue weighted by atomic mass is 10.0. The van der Waals surface area contributed by atoms with Gasteiger partial charge in [0.25, 0.3) is 0 Å². The first kappa shape index (κ1) is 31.4. The van der Waals surface area contributed by atoms with Crippen molar-refractivity contribution in [3.05, 3.63) is 194 Å². The molecular weight excluding hydrogens is 661 g/mol. The van der Waals surface area contributed by atoms with E-state index in [4.69, 9.17) is 19.4 Å². The molecule has 0 amide bonds. The van der Waals surface area contributed by atoms with E-state index in [0.717, 1.165) is 66.5 Å². The highest BCUT2D eigenvalue weighted by Crippen LogP contribution is 2.41. The van der Waals surface area contributed by atoms with Crippen LogP contribution in [0, 0.1) is 0 Å². The molecular formula is C49H32N4O. The van der Waals surface area contributed by atoms with E-state index in [1.165, 1.54) is 11.1 Å². The summed E-state index contributed by atoms with van der Waals surface area (Å²) in [5, 5.41) is 4.18. The van der Waals surface area contributed by atoms with Crippen molar-refractivity contribution in [1.29, 1.82) is 0 Å². The van der Waals surface area contributed by atoms with Crippen molar-refractivity contribution in [3.63, 3.8) is 0 Å². The molecule has 0 spiro atoms.